The summed E-state index contributed by atoms with van der Waals surface area (Å²) in [5.41, 5.74) is 3.77. The molecule has 3 aromatic carbocycles. The largest absolute Gasteiger partial charge is 0.294 e. The van der Waals surface area contributed by atoms with Gasteiger partial charge in [-0.05, 0) is 24.1 Å². The maximum Gasteiger partial charge on any atom is 0.259 e. The van der Waals surface area contributed by atoms with E-state index in [9.17, 15) is 13.6 Å². The van der Waals surface area contributed by atoms with E-state index in [0.717, 1.165) is 22.9 Å². The molecule has 34 heavy (non-hydrogen) atoms. The first-order valence-electron chi connectivity index (χ1n) is 11.4. The van der Waals surface area contributed by atoms with E-state index in [2.05, 4.69) is 0 Å². The highest BCUT2D eigenvalue weighted by atomic mass is 19.1. The van der Waals surface area contributed by atoms with Crippen molar-refractivity contribution in [3.05, 3.63) is 135 Å². The molecule has 1 aliphatic heterocycles. The van der Waals surface area contributed by atoms with Crippen molar-refractivity contribution in [1.29, 1.82) is 0 Å². The Morgan fingerprint density at radius 2 is 1.59 bits per heavy atom. The lowest BCUT2D eigenvalue weighted by Crippen LogP contribution is -2.40. The van der Waals surface area contributed by atoms with Crippen LogP contribution in [0, 0.1) is 18.6 Å². The Labute approximate surface area is 197 Å². The predicted octanol–water partition coefficient (Wildman–Crippen LogP) is 5.03. The lowest BCUT2D eigenvalue weighted by molar-refractivity contribution is 0.236. The van der Waals surface area contributed by atoms with Gasteiger partial charge >= 0.3 is 0 Å². The number of aromatic nitrogens is 2. The van der Waals surface area contributed by atoms with Gasteiger partial charge in [-0.3, -0.25) is 14.3 Å². The van der Waals surface area contributed by atoms with E-state index < -0.39 is 11.6 Å². The van der Waals surface area contributed by atoms with Crippen LogP contribution in [0.4, 0.5) is 8.78 Å². The van der Waals surface area contributed by atoms with E-state index in [-0.39, 0.29) is 11.6 Å². The van der Waals surface area contributed by atoms with Crippen molar-refractivity contribution >= 4 is 0 Å². The second kappa shape index (κ2) is 9.31. The van der Waals surface area contributed by atoms with Crippen LogP contribution < -0.4 is 5.56 Å². The van der Waals surface area contributed by atoms with Crippen LogP contribution >= 0.6 is 0 Å². The van der Waals surface area contributed by atoms with Gasteiger partial charge in [0.15, 0.2) is 0 Å². The molecule has 0 amide bonds. The van der Waals surface area contributed by atoms with Crippen LogP contribution in [0.1, 0.15) is 39.8 Å². The summed E-state index contributed by atoms with van der Waals surface area (Å²) < 4.78 is 29.3. The molecule has 5 rings (SSSR count). The normalized spacial score (nSPS) is 13.8. The lowest BCUT2D eigenvalue weighted by atomic mass is 9.97. The van der Waals surface area contributed by atoms with Crippen LogP contribution in [0.5, 0.6) is 0 Å². The summed E-state index contributed by atoms with van der Waals surface area (Å²) in [6.45, 7) is 3.20. The van der Waals surface area contributed by atoms with Crippen molar-refractivity contribution in [3.63, 3.8) is 0 Å². The van der Waals surface area contributed by atoms with Gasteiger partial charge in [-0.1, -0.05) is 66.7 Å². The maximum atomic E-state index is 14.2. The highest BCUT2D eigenvalue weighted by Gasteiger charge is 2.27. The van der Waals surface area contributed by atoms with Gasteiger partial charge < -0.3 is 0 Å². The van der Waals surface area contributed by atoms with Gasteiger partial charge in [0.2, 0.25) is 0 Å². The van der Waals surface area contributed by atoms with E-state index in [4.69, 9.17) is 4.98 Å². The molecule has 4 aromatic rings. The Morgan fingerprint density at radius 1 is 0.941 bits per heavy atom. The Hall–Kier alpha value is -3.64. The lowest BCUT2D eigenvalue weighted by Gasteiger charge is -2.30. The molecule has 0 saturated carbocycles. The zero-order chi connectivity index (χ0) is 23.7. The van der Waals surface area contributed by atoms with Gasteiger partial charge in [0.05, 0.1) is 17.3 Å². The summed E-state index contributed by atoms with van der Waals surface area (Å²) in [5.74, 6) is -0.501. The van der Waals surface area contributed by atoms with E-state index in [1.165, 1.54) is 12.1 Å². The first-order valence-corrected chi connectivity index (χ1v) is 11.4. The average Bonchev–Trinajstić information content (AvgIpc) is 2.85. The number of benzene rings is 3. The standard InChI is InChI=1S/C28H25F2N3O/c1-19-31-26-14-15-32(17-22-12-13-23(29)16-25(22)30)18-24(26)28(34)33(19)27(20-8-4-2-5-9-20)21-10-6-3-7-11-21/h2-13,16,27H,14-15,17-18H2,1H3. The fourth-order valence-electron chi connectivity index (χ4n) is 4.76. The minimum Gasteiger partial charge on any atom is -0.294 e. The monoisotopic (exact) mass is 457 g/mol. The summed E-state index contributed by atoms with van der Waals surface area (Å²) in [4.78, 5) is 20.7. The average molecular weight is 458 g/mol. The fourth-order valence-corrected chi connectivity index (χ4v) is 4.76. The van der Waals surface area contributed by atoms with Crippen molar-refractivity contribution in [2.45, 2.75) is 32.5 Å². The smallest absolute Gasteiger partial charge is 0.259 e. The molecular formula is C28H25F2N3O. The first kappa shape index (κ1) is 22.2. The van der Waals surface area contributed by atoms with Crippen LogP contribution in [-0.4, -0.2) is 21.0 Å². The fraction of sp³-hybridized carbons (Fsp3) is 0.214. The van der Waals surface area contributed by atoms with Crippen molar-refractivity contribution < 1.29 is 8.78 Å². The van der Waals surface area contributed by atoms with E-state index >= 15 is 0 Å². The summed E-state index contributed by atoms with van der Waals surface area (Å²) >= 11 is 0. The molecule has 0 radical (unpaired) electrons. The highest BCUT2D eigenvalue weighted by molar-refractivity contribution is 5.35. The molecule has 2 heterocycles. The van der Waals surface area contributed by atoms with E-state index in [0.29, 0.717) is 43.0 Å². The van der Waals surface area contributed by atoms with Crippen LogP contribution in [0.25, 0.3) is 0 Å². The van der Waals surface area contributed by atoms with Gasteiger partial charge in [0, 0.05) is 37.7 Å². The number of nitrogens with zero attached hydrogens (tertiary/aromatic N) is 3. The van der Waals surface area contributed by atoms with Gasteiger partial charge in [-0.15, -0.1) is 0 Å². The Balaban J connectivity index is 1.55. The van der Waals surface area contributed by atoms with Gasteiger partial charge in [-0.25, -0.2) is 13.8 Å². The summed E-state index contributed by atoms with van der Waals surface area (Å²) in [5, 5.41) is 0. The molecular weight excluding hydrogens is 432 g/mol. The summed E-state index contributed by atoms with van der Waals surface area (Å²) in [7, 11) is 0. The van der Waals surface area contributed by atoms with Crippen LogP contribution in [0.15, 0.2) is 83.7 Å². The first-order chi connectivity index (χ1) is 16.5. The Morgan fingerprint density at radius 3 is 2.21 bits per heavy atom. The van der Waals surface area contributed by atoms with Crippen molar-refractivity contribution in [3.8, 4) is 0 Å². The number of fused-ring (bicyclic) bond motifs is 1. The molecule has 6 heteroatoms. The molecule has 0 unspecified atom stereocenters. The topological polar surface area (TPSA) is 38.1 Å². The molecule has 0 spiro atoms. The summed E-state index contributed by atoms with van der Waals surface area (Å²) in [6, 6.07) is 23.2. The van der Waals surface area contributed by atoms with Gasteiger partial charge in [0.25, 0.3) is 5.56 Å². The number of hydrogen-bond acceptors (Lipinski definition) is 3. The number of aryl methyl sites for hydroxylation is 1. The van der Waals surface area contributed by atoms with Crippen molar-refractivity contribution in [1.82, 2.24) is 14.5 Å². The Kier molecular flexibility index (Phi) is 6.07. The SMILES string of the molecule is Cc1nc2c(c(=O)n1C(c1ccccc1)c1ccccc1)CN(Cc1ccc(F)cc1F)CC2. The third-order valence-electron chi connectivity index (χ3n) is 6.42. The molecule has 1 aromatic heterocycles. The van der Waals surface area contributed by atoms with E-state index in [1.54, 1.807) is 4.57 Å². The van der Waals surface area contributed by atoms with Crippen molar-refractivity contribution in [2.75, 3.05) is 6.54 Å². The molecule has 0 fully saturated rings. The third-order valence-corrected chi connectivity index (χ3v) is 6.42. The highest BCUT2D eigenvalue weighted by Crippen LogP contribution is 2.27. The third kappa shape index (κ3) is 4.29. The molecule has 4 nitrogen and oxygen atoms in total. The maximum absolute atomic E-state index is 14.2. The molecule has 0 atom stereocenters. The second-order valence-corrected chi connectivity index (χ2v) is 8.68. The minimum atomic E-state index is -0.597. The Bertz CT molecular complexity index is 1330. The molecule has 1 aliphatic rings. The number of halogens is 2. The van der Waals surface area contributed by atoms with Gasteiger partial charge in [0.1, 0.15) is 17.5 Å². The minimum absolute atomic E-state index is 0.0792. The van der Waals surface area contributed by atoms with Crippen LogP contribution in [0.3, 0.4) is 0 Å². The second-order valence-electron chi connectivity index (χ2n) is 8.68. The zero-order valence-electron chi connectivity index (χ0n) is 18.9. The molecule has 0 bridgehead atoms. The van der Waals surface area contributed by atoms with Crippen molar-refractivity contribution in [2.24, 2.45) is 0 Å². The number of hydrogen-bond donors (Lipinski definition) is 0. The van der Waals surface area contributed by atoms with Crippen LogP contribution in [0.2, 0.25) is 0 Å². The molecule has 0 N–H and O–H groups in total. The predicted molar refractivity (Wildman–Crippen MR) is 128 cm³/mol. The molecule has 0 saturated heterocycles. The molecule has 172 valence electrons. The number of rotatable bonds is 5. The zero-order valence-corrected chi connectivity index (χ0v) is 18.9. The quantitative estimate of drug-likeness (QED) is 0.422. The van der Waals surface area contributed by atoms with Crippen LogP contribution in [-0.2, 0) is 19.5 Å². The molecule has 0 aliphatic carbocycles. The van der Waals surface area contributed by atoms with E-state index in [1.807, 2.05) is 72.5 Å². The summed E-state index contributed by atoms with van der Waals surface area (Å²) in [6.07, 6.45) is 0.608. The van der Waals surface area contributed by atoms with Gasteiger partial charge in [-0.2, -0.15) is 0 Å².